The smallest absolute Gasteiger partial charge is 0.319 e. The van der Waals surface area contributed by atoms with Gasteiger partial charge in [-0.3, -0.25) is 9.78 Å². The SMILES string of the molecule is Cc1noc(C)c1NC(=O)NCC[C@@H]1CC[C@@H](NC(=O)Cc2cccnc2)[C@H](CO)O1. The summed E-state index contributed by atoms with van der Waals surface area (Å²) in [5.74, 6) is 0.418. The maximum absolute atomic E-state index is 12.3. The zero-order valence-corrected chi connectivity index (χ0v) is 17.8. The van der Waals surface area contributed by atoms with Crippen LogP contribution in [0.5, 0.6) is 0 Å². The molecule has 3 rings (SSSR count). The molecule has 4 N–H and O–H groups in total. The third kappa shape index (κ3) is 6.50. The Morgan fingerprint density at radius 3 is 2.81 bits per heavy atom. The number of rotatable bonds is 8. The highest BCUT2D eigenvalue weighted by Gasteiger charge is 2.31. The lowest BCUT2D eigenvalue weighted by Crippen LogP contribution is -2.51. The number of pyridine rings is 1. The number of aromatic nitrogens is 2. The van der Waals surface area contributed by atoms with Crippen molar-refractivity contribution >= 4 is 17.6 Å². The van der Waals surface area contributed by atoms with E-state index in [2.05, 4.69) is 26.1 Å². The molecule has 1 aliphatic heterocycles. The zero-order chi connectivity index (χ0) is 22.2. The minimum absolute atomic E-state index is 0.108. The van der Waals surface area contributed by atoms with Crippen molar-refractivity contribution in [3.8, 4) is 0 Å². The molecule has 31 heavy (non-hydrogen) atoms. The first-order chi connectivity index (χ1) is 15.0. The van der Waals surface area contributed by atoms with Crippen molar-refractivity contribution in [3.63, 3.8) is 0 Å². The minimum atomic E-state index is -0.479. The summed E-state index contributed by atoms with van der Waals surface area (Å²) in [6, 6.07) is 3.04. The van der Waals surface area contributed by atoms with Crippen molar-refractivity contribution in [2.24, 2.45) is 0 Å². The van der Waals surface area contributed by atoms with E-state index in [0.717, 1.165) is 12.0 Å². The van der Waals surface area contributed by atoms with E-state index in [1.807, 2.05) is 6.07 Å². The molecular weight excluding hydrogens is 402 g/mol. The van der Waals surface area contributed by atoms with Gasteiger partial charge in [0.05, 0.1) is 25.2 Å². The molecule has 3 atom stereocenters. The van der Waals surface area contributed by atoms with Gasteiger partial charge < -0.3 is 30.3 Å². The van der Waals surface area contributed by atoms with Crippen LogP contribution in [0.2, 0.25) is 0 Å². The lowest BCUT2D eigenvalue weighted by molar-refractivity contribution is -0.127. The van der Waals surface area contributed by atoms with Gasteiger partial charge >= 0.3 is 6.03 Å². The summed E-state index contributed by atoms with van der Waals surface area (Å²) in [7, 11) is 0. The van der Waals surface area contributed by atoms with Crippen molar-refractivity contribution in [3.05, 3.63) is 41.5 Å². The normalized spacial score (nSPS) is 20.8. The third-order valence-corrected chi connectivity index (χ3v) is 5.25. The highest BCUT2D eigenvalue weighted by Crippen LogP contribution is 2.22. The molecule has 1 aliphatic rings. The van der Waals surface area contributed by atoms with Crippen LogP contribution in [0.15, 0.2) is 29.0 Å². The largest absolute Gasteiger partial charge is 0.394 e. The third-order valence-electron chi connectivity index (χ3n) is 5.25. The maximum atomic E-state index is 12.3. The molecule has 0 spiro atoms. The molecule has 0 aliphatic carbocycles. The molecule has 3 heterocycles. The molecule has 2 aromatic heterocycles. The van der Waals surface area contributed by atoms with Gasteiger partial charge in [0.15, 0.2) is 5.76 Å². The monoisotopic (exact) mass is 431 g/mol. The number of aryl methyl sites for hydroxylation is 2. The number of ether oxygens (including phenoxy) is 1. The maximum Gasteiger partial charge on any atom is 0.319 e. The van der Waals surface area contributed by atoms with Crippen LogP contribution in [0.3, 0.4) is 0 Å². The van der Waals surface area contributed by atoms with E-state index < -0.39 is 6.10 Å². The van der Waals surface area contributed by atoms with E-state index in [1.165, 1.54) is 0 Å². The molecule has 168 valence electrons. The Hall–Kier alpha value is -2.98. The molecule has 0 unspecified atom stereocenters. The van der Waals surface area contributed by atoms with Crippen LogP contribution in [-0.4, -0.2) is 58.6 Å². The minimum Gasteiger partial charge on any atom is -0.394 e. The van der Waals surface area contributed by atoms with Gasteiger partial charge in [-0.05, 0) is 44.7 Å². The topological polar surface area (TPSA) is 139 Å². The fourth-order valence-corrected chi connectivity index (χ4v) is 3.62. The second-order valence-corrected chi connectivity index (χ2v) is 7.64. The molecule has 10 heteroatoms. The van der Waals surface area contributed by atoms with Gasteiger partial charge in [-0.25, -0.2) is 4.79 Å². The summed E-state index contributed by atoms with van der Waals surface area (Å²) in [5.41, 5.74) is 2.01. The van der Waals surface area contributed by atoms with Crippen LogP contribution in [0.25, 0.3) is 0 Å². The summed E-state index contributed by atoms with van der Waals surface area (Å²) >= 11 is 0. The number of nitrogens with zero attached hydrogens (tertiary/aromatic N) is 2. The Morgan fingerprint density at radius 2 is 2.13 bits per heavy atom. The average Bonchev–Trinajstić information content (AvgIpc) is 3.07. The summed E-state index contributed by atoms with van der Waals surface area (Å²) in [5, 5.41) is 22.0. The molecule has 0 saturated carbocycles. The van der Waals surface area contributed by atoms with E-state index in [4.69, 9.17) is 9.26 Å². The second kappa shape index (κ2) is 10.9. The number of aliphatic hydroxyl groups is 1. The lowest BCUT2D eigenvalue weighted by atomic mass is 9.97. The summed E-state index contributed by atoms with van der Waals surface area (Å²) in [6.07, 6.45) is 4.98. The fraction of sp³-hybridized carbons (Fsp3) is 0.524. The van der Waals surface area contributed by atoms with Gasteiger partial charge in [0.2, 0.25) is 5.91 Å². The quantitative estimate of drug-likeness (QED) is 0.496. The summed E-state index contributed by atoms with van der Waals surface area (Å²) in [4.78, 5) is 28.4. The Labute approximate surface area is 180 Å². The second-order valence-electron chi connectivity index (χ2n) is 7.64. The van der Waals surface area contributed by atoms with E-state index >= 15 is 0 Å². The van der Waals surface area contributed by atoms with Gasteiger partial charge in [0, 0.05) is 18.9 Å². The van der Waals surface area contributed by atoms with Crippen LogP contribution in [-0.2, 0) is 16.0 Å². The van der Waals surface area contributed by atoms with Gasteiger partial charge in [-0.15, -0.1) is 0 Å². The van der Waals surface area contributed by atoms with Gasteiger partial charge in [0.1, 0.15) is 17.5 Å². The number of urea groups is 1. The number of aliphatic hydroxyl groups excluding tert-OH is 1. The van der Waals surface area contributed by atoms with Crippen molar-refractivity contribution in [1.82, 2.24) is 20.8 Å². The van der Waals surface area contributed by atoms with Gasteiger partial charge in [-0.1, -0.05) is 11.2 Å². The van der Waals surface area contributed by atoms with Crippen molar-refractivity contribution < 1.29 is 24.0 Å². The Balaban J connectivity index is 1.40. The van der Waals surface area contributed by atoms with Crippen LogP contribution in [0.1, 0.15) is 36.3 Å². The Kier molecular flexibility index (Phi) is 7.96. The Morgan fingerprint density at radius 1 is 1.29 bits per heavy atom. The Bertz CT molecular complexity index is 853. The number of hydrogen-bond donors (Lipinski definition) is 4. The van der Waals surface area contributed by atoms with E-state index in [0.29, 0.717) is 36.5 Å². The molecule has 1 fully saturated rings. The molecule has 1 saturated heterocycles. The van der Waals surface area contributed by atoms with E-state index in [9.17, 15) is 14.7 Å². The number of carbonyl (C=O) groups is 2. The number of hydrogen-bond acceptors (Lipinski definition) is 7. The number of anilines is 1. The highest BCUT2D eigenvalue weighted by atomic mass is 16.5. The molecule has 0 aromatic carbocycles. The first-order valence-corrected chi connectivity index (χ1v) is 10.4. The summed E-state index contributed by atoms with van der Waals surface area (Å²) < 4.78 is 11.0. The van der Waals surface area contributed by atoms with Crippen molar-refractivity contribution in [2.75, 3.05) is 18.5 Å². The van der Waals surface area contributed by atoms with Crippen molar-refractivity contribution in [1.29, 1.82) is 0 Å². The molecule has 3 amide bonds. The highest BCUT2D eigenvalue weighted by molar-refractivity contribution is 5.90. The van der Waals surface area contributed by atoms with Crippen LogP contribution in [0.4, 0.5) is 10.5 Å². The number of nitrogens with one attached hydrogen (secondary N) is 3. The number of carbonyl (C=O) groups excluding carboxylic acids is 2. The van der Waals surface area contributed by atoms with E-state index in [1.54, 1.807) is 32.3 Å². The number of amides is 3. The van der Waals surface area contributed by atoms with Crippen LogP contribution >= 0.6 is 0 Å². The van der Waals surface area contributed by atoms with E-state index in [-0.39, 0.29) is 37.1 Å². The lowest BCUT2D eigenvalue weighted by Gasteiger charge is -2.36. The molecular formula is C21H29N5O5. The predicted octanol–water partition coefficient (Wildman–Crippen LogP) is 1.47. The molecule has 0 bridgehead atoms. The first kappa shape index (κ1) is 22.7. The van der Waals surface area contributed by atoms with Gasteiger partial charge in [-0.2, -0.15) is 0 Å². The first-order valence-electron chi connectivity index (χ1n) is 10.4. The van der Waals surface area contributed by atoms with Crippen LogP contribution < -0.4 is 16.0 Å². The van der Waals surface area contributed by atoms with Crippen molar-refractivity contribution in [2.45, 2.75) is 57.8 Å². The predicted molar refractivity (Wildman–Crippen MR) is 112 cm³/mol. The zero-order valence-electron chi connectivity index (χ0n) is 17.8. The van der Waals surface area contributed by atoms with Crippen LogP contribution in [0, 0.1) is 13.8 Å². The molecule has 0 radical (unpaired) electrons. The average molecular weight is 431 g/mol. The molecule has 10 nitrogen and oxygen atoms in total. The van der Waals surface area contributed by atoms with Gasteiger partial charge in [0.25, 0.3) is 0 Å². The summed E-state index contributed by atoms with van der Waals surface area (Å²) in [6.45, 7) is 3.71. The standard InChI is InChI=1S/C21H29N5O5/c1-13-20(14(2)31-26-13)25-21(29)23-9-7-16-5-6-17(18(12-27)30-16)24-19(28)10-15-4-3-8-22-11-15/h3-4,8,11,16-18,27H,5-7,9-10,12H2,1-2H3,(H,24,28)(H2,23,25,29)/t16-,17+,18-/m0/s1. The molecule has 2 aromatic rings. The fourth-order valence-electron chi connectivity index (χ4n) is 3.62.